The van der Waals surface area contributed by atoms with Crippen molar-refractivity contribution in [1.29, 1.82) is 0 Å². The quantitative estimate of drug-likeness (QED) is 0.805. The van der Waals surface area contributed by atoms with E-state index in [4.69, 9.17) is 9.84 Å². The number of ether oxygens (including phenoxy) is 1. The van der Waals surface area contributed by atoms with Crippen molar-refractivity contribution in [2.75, 3.05) is 13.7 Å². The first-order chi connectivity index (χ1) is 9.19. The van der Waals surface area contributed by atoms with Gasteiger partial charge in [-0.25, -0.2) is 0 Å². The fraction of sp³-hybridized carbons (Fsp3) is 0.933. The maximum Gasteiger partial charge on any atom is 0.306 e. The molecule has 2 atom stereocenters. The molecule has 0 bridgehead atoms. The fourth-order valence-electron chi connectivity index (χ4n) is 3.49. The Morgan fingerprint density at radius 3 is 2.58 bits per heavy atom. The highest BCUT2D eigenvalue weighted by Crippen LogP contribution is 2.29. The third-order valence-electron chi connectivity index (χ3n) is 4.85. The molecule has 0 amide bonds. The number of methoxy groups -OCH3 is 1. The topological polar surface area (TPSA) is 58.6 Å². The molecule has 0 aromatic carbocycles. The van der Waals surface area contributed by atoms with E-state index in [0.29, 0.717) is 18.1 Å². The van der Waals surface area contributed by atoms with Crippen LogP contribution in [0.25, 0.3) is 0 Å². The van der Waals surface area contributed by atoms with Crippen LogP contribution in [0.1, 0.15) is 51.4 Å². The summed E-state index contributed by atoms with van der Waals surface area (Å²) in [4.78, 5) is 10.9. The lowest BCUT2D eigenvalue weighted by Gasteiger charge is -2.32. The molecule has 19 heavy (non-hydrogen) atoms. The Morgan fingerprint density at radius 2 is 1.95 bits per heavy atom. The van der Waals surface area contributed by atoms with Crippen LogP contribution in [0.4, 0.5) is 0 Å². The van der Waals surface area contributed by atoms with Gasteiger partial charge in [0.1, 0.15) is 0 Å². The normalized spacial score (nSPS) is 36.1. The standard InChI is InChI=1S/C15H27NO3/c1-19-14-4-2-3-13(9-14)16-10-11-5-7-12(8-6-11)15(17)18/h11-14,16H,2-10H2,1H3,(H,17,18). The van der Waals surface area contributed by atoms with Crippen LogP contribution >= 0.6 is 0 Å². The maximum atomic E-state index is 10.9. The van der Waals surface area contributed by atoms with Crippen LogP contribution in [0.2, 0.25) is 0 Å². The zero-order valence-corrected chi connectivity index (χ0v) is 11.9. The molecule has 0 heterocycles. The van der Waals surface area contributed by atoms with E-state index in [1.54, 1.807) is 7.11 Å². The van der Waals surface area contributed by atoms with Crippen LogP contribution < -0.4 is 5.32 Å². The van der Waals surface area contributed by atoms with Gasteiger partial charge in [0.05, 0.1) is 12.0 Å². The Hall–Kier alpha value is -0.610. The van der Waals surface area contributed by atoms with Gasteiger partial charge in [-0.05, 0) is 63.8 Å². The average Bonchev–Trinajstić information content (AvgIpc) is 2.46. The Labute approximate surface area is 115 Å². The molecule has 4 heteroatoms. The molecule has 110 valence electrons. The van der Waals surface area contributed by atoms with E-state index in [-0.39, 0.29) is 5.92 Å². The second kappa shape index (κ2) is 7.25. The first-order valence-electron chi connectivity index (χ1n) is 7.68. The number of nitrogens with one attached hydrogen (secondary N) is 1. The number of carboxylic acid groups (broad SMARTS) is 1. The molecule has 0 spiro atoms. The van der Waals surface area contributed by atoms with E-state index in [0.717, 1.165) is 38.6 Å². The molecule has 0 aliphatic heterocycles. The van der Waals surface area contributed by atoms with Crippen LogP contribution in [0.5, 0.6) is 0 Å². The van der Waals surface area contributed by atoms with Gasteiger partial charge >= 0.3 is 5.97 Å². The molecule has 0 aromatic rings. The predicted molar refractivity (Wildman–Crippen MR) is 74.1 cm³/mol. The lowest BCUT2D eigenvalue weighted by atomic mass is 9.81. The van der Waals surface area contributed by atoms with E-state index in [1.807, 2.05) is 0 Å². The molecule has 0 saturated heterocycles. The summed E-state index contributed by atoms with van der Waals surface area (Å²) in [6.45, 7) is 1.05. The molecular weight excluding hydrogens is 242 g/mol. The lowest BCUT2D eigenvalue weighted by Crippen LogP contribution is -2.40. The predicted octanol–water partition coefficient (Wildman–Crippen LogP) is 2.42. The van der Waals surface area contributed by atoms with Gasteiger partial charge in [-0.1, -0.05) is 0 Å². The smallest absolute Gasteiger partial charge is 0.306 e. The molecule has 4 nitrogen and oxygen atoms in total. The van der Waals surface area contributed by atoms with Gasteiger partial charge in [-0.3, -0.25) is 4.79 Å². The van der Waals surface area contributed by atoms with Gasteiger partial charge in [0.25, 0.3) is 0 Å². The molecular formula is C15H27NO3. The number of carboxylic acids is 1. The lowest BCUT2D eigenvalue weighted by molar-refractivity contribution is -0.143. The van der Waals surface area contributed by atoms with Crippen molar-refractivity contribution in [3.05, 3.63) is 0 Å². The summed E-state index contributed by atoms with van der Waals surface area (Å²) in [7, 11) is 1.81. The number of aliphatic carboxylic acids is 1. The zero-order chi connectivity index (χ0) is 13.7. The summed E-state index contributed by atoms with van der Waals surface area (Å²) in [5, 5.41) is 12.7. The highest BCUT2D eigenvalue weighted by atomic mass is 16.5. The van der Waals surface area contributed by atoms with Crippen molar-refractivity contribution in [3.8, 4) is 0 Å². The Bertz CT molecular complexity index is 287. The van der Waals surface area contributed by atoms with Crippen LogP contribution in [-0.2, 0) is 9.53 Å². The van der Waals surface area contributed by atoms with Gasteiger partial charge < -0.3 is 15.2 Å². The van der Waals surface area contributed by atoms with Crippen LogP contribution in [0.3, 0.4) is 0 Å². The van der Waals surface area contributed by atoms with Gasteiger partial charge in [0, 0.05) is 13.2 Å². The van der Waals surface area contributed by atoms with E-state index < -0.39 is 5.97 Å². The SMILES string of the molecule is COC1CCCC(NCC2CCC(C(=O)O)CC2)C1. The Morgan fingerprint density at radius 1 is 1.21 bits per heavy atom. The number of carbonyl (C=O) groups is 1. The third-order valence-corrected chi connectivity index (χ3v) is 4.85. The molecule has 2 N–H and O–H groups in total. The van der Waals surface area contributed by atoms with Crippen LogP contribution in [0, 0.1) is 11.8 Å². The Balaban J connectivity index is 1.65. The summed E-state index contributed by atoms with van der Waals surface area (Å²) in [6.07, 6.45) is 9.08. The number of hydrogen-bond donors (Lipinski definition) is 2. The molecule has 2 aliphatic carbocycles. The van der Waals surface area contributed by atoms with E-state index in [1.165, 1.54) is 19.3 Å². The van der Waals surface area contributed by atoms with Crippen molar-refractivity contribution < 1.29 is 14.6 Å². The first kappa shape index (κ1) is 14.8. The molecule has 0 aromatic heterocycles. The van der Waals surface area contributed by atoms with Gasteiger partial charge in [0.2, 0.25) is 0 Å². The van der Waals surface area contributed by atoms with Crippen molar-refractivity contribution in [1.82, 2.24) is 5.32 Å². The van der Waals surface area contributed by atoms with Gasteiger partial charge in [0.15, 0.2) is 0 Å². The molecule has 2 saturated carbocycles. The Kier molecular flexibility index (Phi) is 5.64. The summed E-state index contributed by atoms with van der Waals surface area (Å²) in [6, 6.07) is 0.593. The monoisotopic (exact) mass is 269 g/mol. The average molecular weight is 269 g/mol. The van der Waals surface area contributed by atoms with E-state index in [9.17, 15) is 4.79 Å². The van der Waals surface area contributed by atoms with Crippen molar-refractivity contribution in [3.63, 3.8) is 0 Å². The highest BCUT2D eigenvalue weighted by Gasteiger charge is 2.27. The number of rotatable bonds is 5. The first-order valence-corrected chi connectivity index (χ1v) is 7.68. The molecule has 0 radical (unpaired) electrons. The highest BCUT2D eigenvalue weighted by molar-refractivity contribution is 5.69. The van der Waals surface area contributed by atoms with Gasteiger partial charge in [-0.2, -0.15) is 0 Å². The minimum absolute atomic E-state index is 0.0937. The second-order valence-corrected chi connectivity index (χ2v) is 6.19. The summed E-state index contributed by atoms with van der Waals surface area (Å²) in [5.41, 5.74) is 0. The second-order valence-electron chi connectivity index (χ2n) is 6.19. The summed E-state index contributed by atoms with van der Waals surface area (Å²) in [5.74, 6) is -0.0380. The molecule has 2 unspecified atom stereocenters. The largest absolute Gasteiger partial charge is 0.481 e. The molecule has 2 rings (SSSR count). The maximum absolute atomic E-state index is 10.9. The van der Waals surface area contributed by atoms with Crippen molar-refractivity contribution in [2.24, 2.45) is 11.8 Å². The van der Waals surface area contributed by atoms with Crippen LogP contribution in [-0.4, -0.2) is 36.9 Å². The van der Waals surface area contributed by atoms with Crippen LogP contribution in [0.15, 0.2) is 0 Å². The molecule has 2 fully saturated rings. The zero-order valence-electron chi connectivity index (χ0n) is 11.9. The summed E-state index contributed by atoms with van der Waals surface area (Å²) >= 11 is 0. The van der Waals surface area contributed by atoms with Gasteiger partial charge in [-0.15, -0.1) is 0 Å². The van der Waals surface area contributed by atoms with Crippen molar-refractivity contribution >= 4 is 5.97 Å². The molecule has 2 aliphatic rings. The minimum atomic E-state index is -0.610. The minimum Gasteiger partial charge on any atom is -0.481 e. The fourth-order valence-corrected chi connectivity index (χ4v) is 3.49. The summed E-state index contributed by atoms with van der Waals surface area (Å²) < 4.78 is 5.45. The van der Waals surface area contributed by atoms with Crippen molar-refractivity contribution in [2.45, 2.75) is 63.5 Å². The third kappa shape index (κ3) is 4.46. The van der Waals surface area contributed by atoms with E-state index >= 15 is 0 Å². The number of hydrogen-bond acceptors (Lipinski definition) is 3. The van der Waals surface area contributed by atoms with E-state index in [2.05, 4.69) is 5.32 Å².